The van der Waals surface area contributed by atoms with Gasteiger partial charge in [0.2, 0.25) is 0 Å². The Balaban J connectivity index is 0.000000861. The summed E-state index contributed by atoms with van der Waals surface area (Å²) in [4.78, 5) is 0. The Kier molecular flexibility index (Phi) is 5.92. The van der Waals surface area contributed by atoms with Crippen LogP contribution in [-0.4, -0.2) is 12.7 Å². The smallest absolute Gasteiger partial charge is 0.298 e. The summed E-state index contributed by atoms with van der Waals surface area (Å²) in [5.41, 5.74) is 1.02. The highest BCUT2D eigenvalue weighted by Gasteiger charge is 2.43. The van der Waals surface area contributed by atoms with Gasteiger partial charge in [-0.1, -0.05) is 45.9 Å². The van der Waals surface area contributed by atoms with Crippen LogP contribution in [-0.2, 0) is 10.7 Å². The lowest BCUT2D eigenvalue weighted by Gasteiger charge is -2.23. The van der Waals surface area contributed by atoms with Gasteiger partial charge >= 0.3 is 0 Å². The maximum Gasteiger partial charge on any atom is 0.298 e. The van der Waals surface area contributed by atoms with E-state index in [9.17, 15) is 8.78 Å². The highest BCUT2D eigenvalue weighted by molar-refractivity contribution is 5.29. The van der Waals surface area contributed by atoms with Gasteiger partial charge in [-0.05, 0) is 30.4 Å². The standard InChI is InChI=1S/C14H18F2O.C2H6/c1-10(2)11-5-3-6-12(9-11)14(15,16)13-7-4-8-17-13;1-2/h3,5-6,9-10,13H,4,7-8H2,1-2H3;1-2H3. The topological polar surface area (TPSA) is 9.23 Å². The zero-order valence-electron chi connectivity index (χ0n) is 12.2. The van der Waals surface area contributed by atoms with Crippen molar-refractivity contribution in [1.29, 1.82) is 0 Å². The molecule has 3 heteroatoms. The zero-order valence-corrected chi connectivity index (χ0v) is 12.2. The molecule has 0 N–H and O–H groups in total. The molecule has 1 heterocycles. The molecule has 1 aromatic carbocycles. The summed E-state index contributed by atoms with van der Waals surface area (Å²) in [6, 6.07) is 6.69. The molecule has 1 fully saturated rings. The third-order valence-electron chi connectivity index (χ3n) is 3.27. The number of alkyl halides is 2. The first-order valence-corrected chi connectivity index (χ1v) is 7.11. The maximum atomic E-state index is 14.2. The zero-order chi connectivity index (χ0) is 14.5. The lowest BCUT2D eigenvalue weighted by molar-refractivity contribution is -0.122. The van der Waals surface area contributed by atoms with E-state index in [4.69, 9.17) is 4.74 Å². The van der Waals surface area contributed by atoms with Crippen molar-refractivity contribution in [3.05, 3.63) is 35.4 Å². The van der Waals surface area contributed by atoms with Gasteiger partial charge in [-0.25, -0.2) is 0 Å². The highest BCUT2D eigenvalue weighted by atomic mass is 19.3. The highest BCUT2D eigenvalue weighted by Crippen LogP contribution is 2.38. The summed E-state index contributed by atoms with van der Waals surface area (Å²) in [7, 11) is 0. The van der Waals surface area contributed by atoms with Crippen LogP contribution in [0.3, 0.4) is 0 Å². The van der Waals surface area contributed by atoms with Crippen LogP contribution in [0.1, 0.15) is 57.6 Å². The van der Waals surface area contributed by atoms with E-state index < -0.39 is 12.0 Å². The Hall–Kier alpha value is -0.960. The number of hydrogen-bond acceptors (Lipinski definition) is 1. The van der Waals surface area contributed by atoms with E-state index >= 15 is 0 Å². The Morgan fingerprint density at radius 1 is 1.26 bits per heavy atom. The first-order chi connectivity index (χ1) is 9.01. The van der Waals surface area contributed by atoms with E-state index in [1.807, 2.05) is 33.8 Å². The fourth-order valence-electron chi connectivity index (χ4n) is 2.15. The molecule has 1 atom stereocenters. The molecule has 1 aliphatic rings. The minimum absolute atomic E-state index is 0.0793. The molecule has 0 amide bonds. The molecule has 1 aliphatic heterocycles. The van der Waals surface area contributed by atoms with E-state index in [2.05, 4.69) is 0 Å². The molecule has 0 saturated carbocycles. The van der Waals surface area contributed by atoms with Crippen LogP contribution < -0.4 is 0 Å². The van der Waals surface area contributed by atoms with Gasteiger partial charge in [0, 0.05) is 12.2 Å². The summed E-state index contributed by atoms with van der Waals surface area (Å²) >= 11 is 0. The molecular formula is C16H24F2O. The van der Waals surface area contributed by atoms with Gasteiger partial charge in [-0.3, -0.25) is 0 Å². The molecule has 1 saturated heterocycles. The monoisotopic (exact) mass is 270 g/mol. The van der Waals surface area contributed by atoms with Crippen molar-refractivity contribution in [2.45, 2.75) is 58.5 Å². The first kappa shape index (κ1) is 16.1. The van der Waals surface area contributed by atoms with E-state index in [0.717, 1.165) is 12.0 Å². The minimum atomic E-state index is -2.87. The second-order valence-electron chi connectivity index (χ2n) is 4.90. The van der Waals surface area contributed by atoms with Crippen LogP contribution in [0.15, 0.2) is 24.3 Å². The van der Waals surface area contributed by atoms with Gasteiger partial charge in [0.1, 0.15) is 6.10 Å². The van der Waals surface area contributed by atoms with Crippen LogP contribution in [0.25, 0.3) is 0 Å². The fourth-order valence-corrected chi connectivity index (χ4v) is 2.15. The summed E-state index contributed by atoms with van der Waals surface area (Å²) in [5.74, 6) is -2.61. The van der Waals surface area contributed by atoms with Gasteiger partial charge in [0.15, 0.2) is 0 Å². The Morgan fingerprint density at radius 3 is 2.47 bits per heavy atom. The van der Waals surface area contributed by atoms with Gasteiger partial charge in [0.25, 0.3) is 5.92 Å². The van der Waals surface area contributed by atoms with Crippen LogP contribution in [0.5, 0.6) is 0 Å². The van der Waals surface area contributed by atoms with Gasteiger partial charge in [0.05, 0.1) is 0 Å². The molecule has 19 heavy (non-hydrogen) atoms. The van der Waals surface area contributed by atoms with E-state index in [-0.39, 0.29) is 11.5 Å². The number of halogens is 2. The normalized spacial score (nSPS) is 19.2. The SMILES string of the molecule is CC.CC(C)c1cccc(C(F)(F)C2CCCO2)c1. The molecule has 1 aromatic rings. The van der Waals surface area contributed by atoms with Crippen molar-refractivity contribution in [2.75, 3.05) is 6.61 Å². The predicted octanol–water partition coefficient (Wildman–Crippen LogP) is 5.11. The summed E-state index contributed by atoms with van der Waals surface area (Å²) in [6.45, 7) is 8.46. The van der Waals surface area contributed by atoms with Crippen LogP contribution in [0.4, 0.5) is 8.78 Å². The predicted molar refractivity (Wildman–Crippen MR) is 74.7 cm³/mol. The van der Waals surface area contributed by atoms with Crippen molar-refractivity contribution in [2.24, 2.45) is 0 Å². The fraction of sp³-hybridized carbons (Fsp3) is 0.625. The summed E-state index contributed by atoms with van der Waals surface area (Å²) in [5, 5.41) is 0. The Bertz CT molecular complexity index is 382. The van der Waals surface area contributed by atoms with Crippen molar-refractivity contribution in [1.82, 2.24) is 0 Å². The molecule has 108 valence electrons. The van der Waals surface area contributed by atoms with Crippen LogP contribution >= 0.6 is 0 Å². The molecule has 0 spiro atoms. The molecule has 1 unspecified atom stereocenters. The molecule has 1 nitrogen and oxygen atoms in total. The molecular weight excluding hydrogens is 246 g/mol. The summed E-state index contributed by atoms with van der Waals surface area (Å²) < 4.78 is 33.5. The second-order valence-corrected chi connectivity index (χ2v) is 4.90. The lowest BCUT2D eigenvalue weighted by atomic mass is 9.95. The molecule has 0 aromatic heterocycles. The second kappa shape index (κ2) is 6.99. The Labute approximate surface area is 115 Å². The Morgan fingerprint density at radius 2 is 1.95 bits per heavy atom. The van der Waals surface area contributed by atoms with Crippen molar-refractivity contribution in [3.8, 4) is 0 Å². The van der Waals surface area contributed by atoms with E-state index in [1.165, 1.54) is 6.07 Å². The van der Waals surface area contributed by atoms with E-state index in [1.54, 1.807) is 12.1 Å². The van der Waals surface area contributed by atoms with Crippen LogP contribution in [0.2, 0.25) is 0 Å². The first-order valence-electron chi connectivity index (χ1n) is 7.11. The number of hydrogen-bond donors (Lipinski definition) is 0. The van der Waals surface area contributed by atoms with Crippen molar-refractivity contribution in [3.63, 3.8) is 0 Å². The van der Waals surface area contributed by atoms with Gasteiger partial charge < -0.3 is 4.74 Å². The number of benzene rings is 1. The molecule has 0 bridgehead atoms. The van der Waals surface area contributed by atoms with Crippen molar-refractivity contribution >= 4 is 0 Å². The summed E-state index contributed by atoms with van der Waals surface area (Å²) in [6.07, 6.45) is 0.216. The number of rotatable bonds is 3. The van der Waals surface area contributed by atoms with Crippen molar-refractivity contribution < 1.29 is 13.5 Å². The van der Waals surface area contributed by atoms with Crippen LogP contribution in [0, 0.1) is 0 Å². The van der Waals surface area contributed by atoms with Gasteiger partial charge in [-0.15, -0.1) is 0 Å². The largest absolute Gasteiger partial charge is 0.372 e. The third kappa shape index (κ3) is 3.75. The molecule has 0 radical (unpaired) electrons. The average molecular weight is 270 g/mol. The lowest BCUT2D eigenvalue weighted by Crippen LogP contribution is -2.30. The quantitative estimate of drug-likeness (QED) is 0.742. The van der Waals surface area contributed by atoms with Gasteiger partial charge in [-0.2, -0.15) is 8.78 Å². The average Bonchev–Trinajstić information content (AvgIpc) is 2.96. The number of ether oxygens (including phenoxy) is 1. The minimum Gasteiger partial charge on any atom is -0.372 e. The van der Waals surface area contributed by atoms with E-state index in [0.29, 0.717) is 13.0 Å². The third-order valence-corrected chi connectivity index (χ3v) is 3.27. The maximum absolute atomic E-state index is 14.2. The molecule has 0 aliphatic carbocycles. The molecule has 2 rings (SSSR count).